The predicted molar refractivity (Wildman–Crippen MR) is 61.8 cm³/mol. The molecule has 2 rings (SSSR count). The van der Waals surface area contributed by atoms with Crippen LogP contribution >= 0.6 is 0 Å². The largest absolute Gasteiger partial charge is 0.351 e. The molecule has 0 aliphatic heterocycles. The van der Waals surface area contributed by atoms with Crippen LogP contribution in [0.3, 0.4) is 0 Å². The van der Waals surface area contributed by atoms with Gasteiger partial charge >= 0.3 is 0 Å². The molecule has 1 N–H and O–H groups in total. The normalized spacial score (nSPS) is 26.3. The maximum Gasteiger partial charge on any atom is 0.222 e. The zero-order valence-corrected chi connectivity index (χ0v) is 9.53. The Morgan fingerprint density at radius 3 is 2.33 bits per heavy atom. The van der Waals surface area contributed by atoms with Crippen LogP contribution in [0.2, 0.25) is 0 Å². The third kappa shape index (κ3) is 2.91. The van der Waals surface area contributed by atoms with E-state index in [0.717, 1.165) is 17.4 Å². The molecule has 1 aromatic heterocycles. The maximum absolute atomic E-state index is 4.27. The lowest BCUT2D eigenvalue weighted by Gasteiger charge is -2.26. The van der Waals surface area contributed by atoms with Gasteiger partial charge < -0.3 is 5.32 Å². The average molecular weight is 205 g/mol. The number of aryl methyl sites for hydroxylation is 1. The number of hydrogen-bond donors (Lipinski definition) is 1. The van der Waals surface area contributed by atoms with Gasteiger partial charge in [0, 0.05) is 18.4 Å². The van der Waals surface area contributed by atoms with E-state index in [1.165, 1.54) is 25.7 Å². The van der Waals surface area contributed by atoms with Crippen molar-refractivity contribution in [1.82, 2.24) is 9.97 Å². The summed E-state index contributed by atoms with van der Waals surface area (Å²) in [6.45, 7) is 4.34. The Morgan fingerprint density at radius 2 is 1.73 bits per heavy atom. The first-order valence-electron chi connectivity index (χ1n) is 5.79. The summed E-state index contributed by atoms with van der Waals surface area (Å²) in [5.41, 5.74) is 1.11. The van der Waals surface area contributed by atoms with Gasteiger partial charge in [0.2, 0.25) is 5.95 Å². The highest BCUT2D eigenvalue weighted by Crippen LogP contribution is 2.24. The van der Waals surface area contributed by atoms with Gasteiger partial charge in [0.05, 0.1) is 0 Å². The number of anilines is 1. The Labute approximate surface area is 91.3 Å². The van der Waals surface area contributed by atoms with Crippen molar-refractivity contribution in [2.45, 2.75) is 45.6 Å². The number of nitrogens with one attached hydrogen (secondary N) is 1. The molecule has 0 aromatic carbocycles. The summed E-state index contributed by atoms with van der Waals surface area (Å²) in [7, 11) is 0. The van der Waals surface area contributed by atoms with Crippen molar-refractivity contribution >= 4 is 5.95 Å². The summed E-state index contributed by atoms with van der Waals surface area (Å²) < 4.78 is 0. The first-order valence-corrected chi connectivity index (χ1v) is 5.79. The molecular weight excluding hydrogens is 186 g/mol. The highest BCUT2D eigenvalue weighted by molar-refractivity contribution is 5.26. The van der Waals surface area contributed by atoms with Crippen LogP contribution in [-0.4, -0.2) is 16.0 Å². The van der Waals surface area contributed by atoms with Crippen LogP contribution in [0.25, 0.3) is 0 Å². The van der Waals surface area contributed by atoms with Crippen LogP contribution < -0.4 is 5.32 Å². The Bertz CT molecular complexity index is 299. The molecule has 0 atom stereocenters. The third-order valence-electron chi connectivity index (χ3n) is 3.13. The van der Waals surface area contributed by atoms with E-state index in [0.29, 0.717) is 6.04 Å². The summed E-state index contributed by atoms with van der Waals surface area (Å²) in [6.07, 6.45) is 8.87. The van der Waals surface area contributed by atoms with Crippen molar-refractivity contribution in [3.05, 3.63) is 18.0 Å². The van der Waals surface area contributed by atoms with Crippen LogP contribution in [0.4, 0.5) is 5.95 Å². The number of hydrogen-bond acceptors (Lipinski definition) is 3. The molecule has 0 bridgehead atoms. The Kier molecular flexibility index (Phi) is 3.19. The van der Waals surface area contributed by atoms with E-state index in [-0.39, 0.29) is 0 Å². The molecule has 0 unspecified atom stereocenters. The van der Waals surface area contributed by atoms with Gasteiger partial charge in [0.15, 0.2) is 0 Å². The zero-order valence-electron chi connectivity index (χ0n) is 9.53. The van der Waals surface area contributed by atoms with Crippen molar-refractivity contribution in [2.24, 2.45) is 5.92 Å². The quantitative estimate of drug-likeness (QED) is 0.806. The molecule has 3 nitrogen and oxygen atoms in total. The Morgan fingerprint density at radius 1 is 1.13 bits per heavy atom. The molecule has 0 saturated heterocycles. The monoisotopic (exact) mass is 205 g/mol. The topological polar surface area (TPSA) is 37.8 Å². The van der Waals surface area contributed by atoms with Crippen molar-refractivity contribution < 1.29 is 0 Å². The standard InChI is InChI=1S/C12H19N3/c1-9-3-5-11(6-4-9)15-12-13-7-10(2)8-14-12/h7-9,11H,3-6H2,1-2H3,(H,13,14,15). The third-order valence-corrected chi connectivity index (χ3v) is 3.13. The molecule has 3 heteroatoms. The van der Waals surface area contributed by atoms with Gasteiger partial charge in [-0.25, -0.2) is 9.97 Å². The van der Waals surface area contributed by atoms with Crippen LogP contribution in [0.5, 0.6) is 0 Å². The number of nitrogens with zero attached hydrogens (tertiary/aromatic N) is 2. The number of rotatable bonds is 2. The lowest BCUT2D eigenvalue weighted by molar-refractivity contribution is 0.360. The highest BCUT2D eigenvalue weighted by Gasteiger charge is 2.18. The van der Waals surface area contributed by atoms with Crippen molar-refractivity contribution in [3.8, 4) is 0 Å². The summed E-state index contributed by atoms with van der Waals surface area (Å²) in [5, 5.41) is 3.41. The van der Waals surface area contributed by atoms with E-state index in [4.69, 9.17) is 0 Å². The van der Waals surface area contributed by atoms with E-state index in [1.807, 2.05) is 19.3 Å². The van der Waals surface area contributed by atoms with Crippen LogP contribution in [-0.2, 0) is 0 Å². The maximum atomic E-state index is 4.27. The van der Waals surface area contributed by atoms with Crippen molar-refractivity contribution in [3.63, 3.8) is 0 Å². The van der Waals surface area contributed by atoms with E-state index in [1.54, 1.807) is 0 Å². The second kappa shape index (κ2) is 4.60. The molecule has 0 radical (unpaired) electrons. The lowest BCUT2D eigenvalue weighted by Crippen LogP contribution is -2.26. The smallest absolute Gasteiger partial charge is 0.222 e. The Hall–Kier alpha value is -1.12. The van der Waals surface area contributed by atoms with Gasteiger partial charge in [-0.15, -0.1) is 0 Å². The van der Waals surface area contributed by atoms with Gasteiger partial charge in [0.1, 0.15) is 0 Å². The molecule has 0 spiro atoms. The molecule has 1 saturated carbocycles. The SMILES string of the molecule is Cc1cnc(NC2CCC(C)CC2)nc1. The minimum Gasteiger partial charge on any atom is -0.351 e. The fourth-order valence-electron chi connectivity index (χ4n) is 2.05. The molecular formula is C12H19N3. The van der Waals surface area contributed by atoms with Gasteiger partial charge in [-0.3, -0.25) is 0 Å². The van der Waals surface area contributed by atoms with E-state index in [9.17, 15) is 0 Å². The molecule has 1 aliphatic carbocycles. The first kappa shape index (κ1) is 10.4. The van der Waals surface area contributed by atoms with Gasteiger partial charge in [-0.2, -0.15) is 0 Å². The summed E-state index contributed by atoms with van der Waals surface area (Å²) in [4.78, 5) is 8.54. The van der Waals surface area contributed by atoms with Crippen LogP contribution in [0, 0.1) is 12.8 Å². The van der Waals surface area contributed by atoms with Gasteiger partial charge in [0.25, 0.3) is 0 Å². The average Bonchev–Trinajstić information content (AvgIpc) is 2.25. The fourth-order valence-corrected chi connectivity index (χ4v) is 2.05. The second-order valence-corrected chi connectivity index (χ2v) is 4.69. The van der Waals surface area contributed by atoms with E-state index in [2.05, 4.69) is 22.2 Å². The minimum atomic E-state index is 0.573. The highest BCUT2D eigenvalue weighted by atomic mass is 15.1. The molecule has 82 valence electrons. The lowest BCUT2D eigenvalue weighted by atomic mass is 9.87. The fraction of sp³-hybridized carbons (Fsp3) is 0.667. The molecule has 1 fully saturated rings. The summed E-state index contributed by atoms with van der Waals surface area (Å²) >= 11 is 0. The van der Waals surface area contributed by atoms with Crippen LogP contribution in [0.1, 0.15) is 38.2 Å². The number of aromatic nitrogens is 2. The van der Waals surface area contributed by atoms with Crippen LogP contribution in [0.15, 0.2) is 12.4 Å². The molecule has 15 heavy (non-hydrogen) atoms. The molecule has 0 amide bonds. The first-order chi connectivity index (χ1) is 7.24. The van der Waals surface area contributed by atoms with Crippen molar-refractivity contribution in [1.29, 1.82) is 0 Å². The van der Waals surface area contributed by atoms with Gasteiger partial charge in [-0.05, 0) is 44.1 Å². The minimum absolute atomic E-state index is 0.573. The summed E-state index contributed by atoms with van der Waals surface area (Å²) in [6, 6.07) is 0.573. The van der Waals surface area contributed by atoms with Gasteiger partial charge in [-0.1, -0.05) is 6.92 Å². The second-order valence-electron chi connectivity index (χ2n) is 4.69. The molecule has 1 heterocycles. The van der Waals surface area contributed by atoms with E-state index >= 15 is 0 Å². The predicted octanol–water partition coefficient (Wildman–Crippen LogP) is 2.78. The molecule has 1 aliphatic rings. The Balaban J connectivity index is 1.89. The van der Waals surface area contributed by atoms with E-state index < -0.39 is 0 Å². The zero-order chi connectivity index (χ0) is 10.7. The summed E-state index contributed by atoms with van der Waals surface area (Å²) in [5.74, 6) is 1.67. The van der Waals surface area contributed by atoms with Crippen molar-refractivity contribution in [2.75, 3.05) is 5.32 Å². The molecule has 1 aromatic rings.